The molecule has 7 nitrogen and oxygen atoms in total. The molecule has 1 aliphatic rings. The van der Waals surface area contributed by atoms with Crippen molar-refractivity contribution in [3.63, 3.8) is 0 Å². The summed E-state index contributed by atoms with van der Waals surface area (Å²) in [6.07, 6.45) is 1.68. The van der Waals surface area contributed by atoms with Gasteiger partial charge < -0.3 is 24.1 Å². The lowest BCUT2D eigenvalue weighted by molar-refractivity contribution is 0.0922. The molecule has 1 atom stereocenters. The fourth-order valence-corrected chi connectivity index (χ4v) is 4.09. The molecule has 0 saturated carbocycles. The van der Waals surface area contributed by atoms with E-state index in [2.05, 4.69) is 39.4 Å². The number of methoxy groups -OCH3 is 2. The van der Waals surface area contributed by atoms with Gasteiger partial charge in [0.05, 0.1) is 26.5 Å². The number of benzene rings is 2. The number of furan rings is 1. The molecule has 1 amide bonds. The first kappa shape index (κ1) is 21.8. The van der Waals surface area contributed by atoms with Gasteiger partial charge in [-0.3, -0.25) is 9.69 Å². The molecule has 0 radical (unpaired) electrons. The van der Waals surface area contributed by atoms with E-state index in [0.717, 1.165) is 31.9 Å². The van der Waals surface area contributed by atoms with Crippen LogP contribution in [-0.2, 0) is 0 Å². The van der Waals surface area contributed by atoms with Crippen LogP contribution in [0.1, 0.15) is 22.2 Å². The summed E-state index contributed by atoms with van der Waals surface area (Å²) >= 11 is 0. The van der Waals surface area contributed by atoms with Crippen molar-refractivity contribution >= 4 is 11.6 Å². The quantitative estimate of drug-likeness (QED) is 0.583. The maximum atomic E-state index is 12.8. The smallest absolute Gasteiger partial charge is 0.251 e. The van der Waals surface area contributed by atoms with Crippen LogP contribution in [0.15, 0.2) is 71.3 Å². The number of amides is 1. The summed E-state index contributed by atoms with van der Waals surface area (Å²) in [5.41, 5.74) is 1.76. The minimum atomic E-state index is -0.162. The summed E-state index contributed by atoms with van der Waals surface area (Å²) in [6.45, 7) is 4.06. The van der Waals surface area contributed by atoms with Gasteiger partial charge in [-0.05, 0) is 42.5 Å². The monoisotopic (exact) mass is 435 g/mol. The number of anilines is 1. The topological polar surface area (TPSA) is 67.2 Å². The Bertz CT molecular complexity index is 999. The number of hydrogen-bond acceptors (Lipinski definition) is 6. The molecule has 32 heavy (non-hydrogen) atoms. The largest absolute Gasteiger partial charge is 0.493 e. The number of nitrogens with one attached hydrogen (secondary N) is 1. The van der Waals surface area contributed by atoms with Gasteiger partial charge in [-0.2, -0.15) is 0 Å². The van der Waals surface area contributed by atoms with Gasteiger partial charge in [-0.25, -0.2) is 0 Å². The van der Waals surface area contributed by atoms with Crippen molar-refractivity contribution in [2.45, 2.75) is 6.04 Å². The first-order valence-electron chi connectivity index (χ1n) is 10.8. The zero-order chi connectivity index (χ0) is 22.3. The maximum Gasteiger partial charge on any atom is 0.251 e. The number of hydrogen-bond donors (Lipinski definition) is 1. The Hall–Kier alpha value is -3.45. The number of para-hydroxylation sites is 1. The zero-order valence-electron chi connectivity index (χ0n) is 18.5. The number of ether oxygens (including phenoxy) is 2. The average Bonchev–Trinajstić information content (AvgIpc) is 3.39. The Morgan fingerprint density at radius 3 is 2.38 bits per heavy atom. The second-order valence-corrected chi connectivity index (χ2v) is 7.67. The highest BCUT2D eigenvalue weighted by Crippen LogP contribution is 2.28. The van der Waals surface area contributed by atoms with Gasteiger partial charge in [-0.1, -0.05) is 18.2 Å². The predicted molar refractivity (Wildman–Crippen MR) is 124 cm³/mol. The van der Waals surface area contributed by atoms with Crippen LogP contribution in [0.5, 0.6) is 11.5 Å². The first-order chi connectivity index (χ1) is 15.7. The molecular formula is C25H29N3O4. The molecule has 168 valence electrons. The Morgan fingerprint density at radius 2 is 1.72 bits per heavy atom. The van der Waals surface area contributed by atoms with Crippen LogP contribution in [-0.4, -0.2) is 57.8 Å². The molecule has 4 rings (SSSR count). The van der Waals surface area contributed by atoms with Crippen molar-refractivity contribution in [3.05, 3.63) is 78.3 Å². The normalized spacial score (nSPS) is 15.2. The zero-order valence-corrected chi connectivity index (χ0v) is 18.5. The van der Waals surface area contributed by atoms with Gasteiger partial charge >= 0.3 is 0 Å². The highest BCUT2D eigenvalue weighted by atomic mass is 16.5. The van der Waals surface area contributed by atoms with Gasteiger partial charge in [0.1, 0.15) is 5.76 Å². The molecule has 0 aliphatic carbocycles. The average molecular weight is 436 g/mol. The van der Waals surface area contributed by atoms with Gasteiger partial charge in [-0.15, -0.1) is 0 Å². The van der Waals surface area contributed by atoms with E-state index in [9.17, 15) is 4.79 Å². The molecule has 2 aromatic carbocycles. The second-order valence-electron chi connectivity index (χ2n) is 7.67. The third-order valence-electron chi connectivity index (χ3n) is 5.85. The van der Waals surface area contributed by atoms with Crippen molar-refractivity contribution in [3.8, 4) is 11.5 Å². The van der Waals surface area contributed by atoms with Crippen molar-refractivity contribution in [2.75, 3.05) is 51.8 Å². The summed E-state index contributed by atoms with van der Waals surface area (Å²) in [4.78, 5) is 17.6. The lowest BCUT2D eigenvalue weighted by atomic mass is 10.1. The van der Waals surface area contributed by atoms with E-state index in [1.54, 1.807) is 38.7 Å². The van der Waals surface area contributed by atoms with Crippen molar-refractivity contribution in [2.24, 2.45) is 0 Å². The summed E-state index contributed by atoms with van der Waals surface area (Å²) in [6, 6.07) is 19.4. The number of carbonyl (C=O) groups is 1. The van der Waals surface area contributed by atoms with Crippen LogP contribution in [0.3, 0.4) is 0 Å². The number of nitrogens with zero attached hydrogens (tertiary/aromatic N) is 2. The van der Waals surface area contributed by atoms with Gasteiger partial charge in [0.25, 0.3) is 5.91 Å². The van der Waals surface area contributed by atoms with Crippen molar-refractivity contribution < 1.29 is 18.7 Å². The molecule has 7 heteroatoms. The summed E-state index contributed by atoms with van der Waals surface area (Å²) in [5.74, 6) is 1.81. The van der Waals surface area contributed by atoms with Crippen LogP contribution in [0.2, 0.25) is 0 Å². The predicted octanol–water partition coefficient (Wildman–Crippen LogP) is 3.59. The van der Waals surface area contributed by atoms with Crippen molar-refractivity contribution in [1.82, 2.24) is 10.2 Å². The molecule has 1 aliphatic heterocycles. The minimum absolute atomic E-state index is 0.0352. The summed E-state index contributed by atoms with van der Waals surface area (Å²) in [7, 11) is 3.13. The standard InChI is InChI=1S/C25H29N3O4/c1-30-23-11-10-19(17-24(23)31-2)25(29)26-18-21(22-9-6-16-32-22)28-14-12-27(13-15-28)20-7-4-3-5-8-20/h3-11,16-17,21H,12-15,18H2,1-2H3,(H,26,29). The Balaban J connectivity index is 1.42. The van der Waals surface area contributed by atoms with E-state index in [4.69, 9.17) is 13.9 Å². The van der Waals surface area contributed by atoms with Gasteiger partial charge in [0.2, 0.25) is 0 Å². The summed E-state index contributed by atoms with van der Waals surface area (Å²) in [5, 5.41) is 3.07. The van der Waals surface area contributed by atoms with Crippen molar-refractivity contribution in [1.29, 1.82) is 0 Å². The lowest BCUT2D eigenvalue weighted by Crippen LogP contribution is -2.49. The molecule has 1 unspecified atom stereocenters. The van der Waals surface area contributed by atoms with E-state index in [1.807, 2.05) is 18.2 Å². The third-order valence-corrected chi connectivity index (χ3v) is 5.85. The van der Waals surface area contributed by atoms with E-state index >= 15 is 0 Å². The highest BCUT2D eigenvalue weighted by molar-refractivity contribution is 5.94. The molecule has 0 bridgehead atoms. The second kappa shape index (κ2) is 10.2. The molecule has 1 fully saturated rings. The maximum absolute atomic E-state index is 12.8. The highest BCUT2D eigenvalue weighted by Gasteiger charge is 2.27. The van der Waals surface area contributed by atoms with Crippen LogP contribution in [0.4, 0.5) is 5.69 Å². The number of rotatable bonds is 8. The fourth-order valence-electron chi connectivity index (χ4n) is 4.09. The Morgan fingerprint density at radius 1 is 0.969 bits per heavy atom. The Kier molecular flexibility index (Phi) is 6.97. The van der Waals surface area contributed by atoms with E-state index in [-0.39, 0.29) is 11.9 Å². The SMILES string of the molecule is COc1ccc(C(=O)NCC(c2ccco2)N2CCN(c3ccccc3)CC2)cc1OC. The fraction of sp³-hybridized carbons (Fsp3) is 0.320. The van der Waals surface area contributed by atoms with Crippen LogP contribution in [0, 0.1) is 0 Å². The van der Waals surface area contributed by atoms with Gasteiger partial charge in [0.15, 0.2) is 11.5 Å². The summed E-state index contributed by atoms with van der Waals surface area (Å²) < 4.78 is 16.3. The molecular weight excluding hydrogens is 406 g/mol. The molecule has 0 spiro atoms. The van der Waals surface area contributed by atoms with Crippen LogP contribution < -0.4 is 19.7 Å². The first-order valence-corrected chi connectivity index (χ1v) is 10.8. The van der Waals surface area contributed by atoms with E-state index in [0.29, 0.717) is 23.6 Å². The Labute approximate surface area is 188 Å². The number of carbonyl (C=O) groups excluding carboxylic acids is 1. The number of piperazine rings is 1. The molecule has 1 aromatic heterocycles. The molecule has 1 N–H and O–H groups in total. The van der Waals surface area contributed by atoms with E-state index < -0.39 is 0 Å². The van der Waals surface area contributed by atoms with Crippen LogP contribution >= 0.6 is 0 Å². The third kappa shape index (κ3) is 4.89. The van der Waals surface area contributed by atoms with Crippen LogP contribution in [0.25, 0.3) is 0 Å². The molecule has 2 heterocycles. The van der Waals surface area contributed by atoms with Gasteiger partial charge in [0, 0.05) is 44.0 Å². The minimum Gasteiger partial charge on any atom is -0.493 e. The lowest BCUT2D eigenvalue weighted by Gasteiger charge is -2.39. The van der Waals surface area contributed by atoms with E-state index in [1.165, 1.54) is 5.69 Å². The molecule has 3 aromatic rings. The molecule has 1 saturated heterocycles.